The Morgan fingerprint density at radius 2 is 1.53 bits per heavy atom. The molecule has 1 aromatic heterocycles. The normalized spacial score (nSPS) is 19.4. The fourth-order valence-electron chi connectivity index (χ4n) is 7.90. The maximum Gasteiger partial charge on any atom is 0.410 e. The van der Waals surface area contributed by atoms with E-state index in [0.717, 1.165) is 68.2 Å². The Bertz CT molecular complexity index is 1820. The summed E-state index contributed by atoms with van der Waals surface area (Å²) in [5.41, 5.74) is 2.51. The van der Waals surface area contributed by atoms with Crippen molar-refractivity contribution in [2.45, 2.75) is 57.1 Å². The van der Waals surface area contributed by atoms with Gasteiger partial charge in [-0.1, -0.05) is 36.4 Å². The summed E-state index contributed by atoms with van der Waals surface area (Å²) in [5, 5.41) is 5.56. The molecule has 7 rings (SSSR count). The van der Waals surface area contributed by atoms with Gasteiger partial charge in [-0.2, -0.15) is 0 Å². The summed E-state index contributed by atoms with van der Waals surface area (Å²) in [6, 6.07) is 17.9. The van der Waals surface area contributed by atoms with Crippen molar-refractivity contribution in [2.75, 3.05) is 39.3 Å². The summed E-state index contributed by atoms with van der Waals surface area (Å²) in [7, 11) is 0. The van der Waals surface area contributed by atoms with Crippen molar-refractivity contribution in [3.8, 4) is 0 Å². The van der Waals surface area contributed by atoms with E-state index in [4.69, 9.17) is 4.74 Å². The first-order chi connectivity index (χ1) is 22.9. The minimum Gasteiger partial charge on any atom is -0.436 e. The predicted octanol–water partition coefficient (Wildman–Crippen LogP) is 6.63. The SMILES string of the molecule is O=C(O[C@H](Cc1ccc(Br)c(Br)c1)C(=O)N1CCC(C2CCNCC2)CC1)N1CCC(n2c(=O)[nH]c3c4ccccc4ccc32)CC1. The summed E-state index contributed by atoms with van der Waals surface area (Å²) < 4.78 is 9.73. The third-order valence-corrected chi connectivity index (χ3v) is 12.4. The van der Waals surface area contributed by atoms with Crippen molar-refractivity contribution in [1.29, 1.82) is 0 Å². The topological polar surface area (TPSA) is 99.7 Å². The molecule has 2 N–H and O–H groups in total. The number of hydrogen-bond acceptors (Lipinski definition) is 5. The molecule has 0 aliphatic carbocycles. The monoisotopic (exact) mass is 765 g/mol. The van der Waals surface area contributed by atoms with E-state index in [1.165, 1.54) is 12.8 Å². The lowest BCUT2D eigenvalue weighted by Gasteiger charge is -2.39. The molecule has 4 heterocycles. The van der Waals surface area contributed by atoms with Crippen LogP contribution in [0.4, 0.5) is 4.79 Å². The number of nitrogens with one attached hydrogen (secondary N) is 2. The highest BCUT2D eigenvalue weighted by molar-refractivity contribution is 9.13. The van der Waals surface area contributed by atoms with Crippen molar-refractivity contribution in [1.82, 2.24) is 24.7 Å². The molecule has 3 aliphatic rings. The number of amides is 2. The number of ether oxygens (including phenoxy) is 1. The second kappa shape index (κ2) is 14.1. The molecular weight excluding hydrogens is 726 g/mol. The maximum absolute atomic E-state index is 14.0. The van der Waals surface area contributed by atoms with Gasteiger partial charge in [0.2, 0.25) is 0 Å². The van der Waals surface area contributed by atoms with Crippen molar-refractivity contribution in [3.63, 3.8) is 0 Å². The molecule has 0 spiro atoms. The van der Waals surface area contributed by atoms with E-state index in [1.807, 2.05) is 64.1 Å². The Balaban J connectivity index is 1.03. The van der Waals surface area contributed by atoms with Crippen LogP contribution in [0.25, 0.3) is 21.8 Å². The number of nitrogens with zero attached hydrogens (tertiary/aromatic N) is 3. The Labute approximate surface area is 291 Å². The van der Waals surface area contributed by atoms with Crippen molar-refractivity contribution in [2.24, 2.45) is 11.8 Å². The zero-order valence-corrected chi connectivity index (χ0v) is 29.6. The summed E-state index contributed by atoms with van der Waals surface area (Å²) >= 11 is 7.10. The van der Waals surface area contributed by atoms with Crippen molar-refractivity contribution < 1.29 is 14.3 Å². The Morgan fingerprint density at radius 3 is 2.28 bits per heavy atom. The number of hydrogen-bond donors (Lipinski definition) is 2. The third kappa shape index (κ3) is 6.89. The number of piperidine rings is 3. The van der Waals surface area contributed by atoms with Gasteiger partial charge in [-0.05, 0) is 124 Å². The molecule has 9 nitrogen and oxygen atoms in total. The molecule has 47 heavy (non-hydrogen) atoms. The number of rotatable bonds is 6. The number of halogens is 2. The van der Waals surface area contributed by atoms with E-state index in [9.17, 15) is 14.4 Å². The molecule has 0 radical (unpaired) electrons. The van der Waals surface area contributed by atoms with Gasteiger partial charge >= 0.3 is 11.8 Å². The smallest absolute Gasteiger partial charge is 0.410 e. The maximum atomic E-state index is 14.0. The standard InChI is InChI=1S/C36H41Br2N5O4/c37-29-7-5-23(21-30(29)38)22-32(34(44)41-17-11-25(12-18-41)24-9-15-39-16-10-24)47-36(46)42-19-13-27(14-20-42)43-31-8-6-26-3-1-2-4-28(26)33(31)40-35(43)45/h1-8,21,24-25,27,32,39H,9-20,22H2,(H,40,45)/t32-/m1/s1. The van der Waals surface area contributed by atoms with Crippen LogP contribution in [-0.2, 0) is 16.0 Å². The zero-order chi connectivity index (χ0) is 32.5. The van der Waals surface area contributed by atoms with E-state index in [-0.39, 0.29) is 17.6 Å². The van der Waals surface area contributed by atoms with Crippen LogP contribution in [0.3, 0.4) is 0 Å². The van der Waals surface area contributed by atoms with Crippen LogP contribution in [0.5, 0.6) is 0 Å². The first kappa shape index (κ1) is 32.4. The second-order valence-electron chi connectivity index (χ2n) is 13.3. The van der Waals surface area contributed by atoms with Gasteiger partial charge < -0.3 is 24.8 Å². The van der Waals surface area contributed by atoms with E-state index in [1.54, 1.807) is 4.90 Å². The molecule has 3 fully saturated rings. The fraction of sp³-hybridized carbons (Fsp3) is 0.472. The van der Waals surface area contributed by atoms with Gasteiger partial charge in [0, 0.05) is 53.0 Å². The lowest BCUT2D eigenvalue weighted by atomic mass is 9.79. The fourth-order valence-corrected chi connectivity index (χ4v) is 8.58. The lowest BCUT2D eigenvalue weighted by Crippen LogP contribution is -2.49. The minimum absolute atomic E-state index is 0.0414. The molecule has 3 saturated heterocycles. The van der Waals surface area contributed by atoms with Crippen LogP contribution < -0.4 is 11.0 Å². The highest BCUT2D eigenvalue weighted by Crippen LogP contribution is 2.32. The number of carbonyl (C=O) groups is 2. The Morgan fingerprint density at radius 1 is 0.830 bits per heavy atom. The molecule has 1 atom stereocenters. The van der Waals surface area contributed by atoms with Gasteiger partial charge in [-0.25, -0.2) is 9.59 Å². The van der Waals surface area contributed by atoms with Gasteiger partial charge in [0.1, 0.15) is 0 Å². The molecule has 3 aromatic carbocycles. The van der Waals surface area contributed by atoms with Crippen LogP contribution in [-0.4, -0.2) is 76.7 Å². The highest BCUT2D eigenvalue weighted by Gasteiger charge is 2.35. The molecule has 2 amide bonds. The number of H-pyrrole nitrogens is 1. The van der Waals surface area contributed by atoms with E-state index < -0.39 is 12.2 Å². The third-order valence-electron chi connectivity index (χ3n) is 10.5. The van der Waals surface area contributed by atoms with Gasteiger partial charge in [-0.3, -0.25) is 9.36 Å². The van der Waals surface area contributed by atoms with Gasteiger partial charge in [-0.15, -0.1) is 0 Å². The number of likely N-dealkylation sites (tertiary alicyclic amines) is 2. The van der Waals surface area contributed by atoms with Crippen molar-refractivity contribution >= 4 is 65.7 Å². The lowest BCUT2D eigenvalue weighted by molar-refractivity contribution is -0.142. The molecule has 248 valence electrons. The largest absolute Gasteiger partial charge is 0.436 e. The number of aromatic amines is 1. The quantitative estimate of drug-likeness (QED) is 0.230. The Hall–Kier alpha value is -3.15. The first-order valence-electron chi connectivity index (χ1n) is 16.9. The molecular formula is C36H41Br2N5O4. The average Bonchev–Trinajstić information content (AvgIpc) is 3.46. The average molecular weight is 768 g/mol. The highest BCUT2D eigenvalue weighted by atomic mass is 79.9. The van der Waals surface area contributed by atoms with Crippen LogP contribution in [0.2, 0.25) is 0 Å². The molecule has 0 unspecified atom stereocenters. The summed E-state index contributed by atoms with van der Waals surface area (Å²) in [6.07, 6.45) is 4.58. The predicted molar refractivity (Wildman–Crippen MR) is 191 cm³/mol. The number of benzene rings is 3. The number of imidazole rings is 1. The Kier molecular flexibility index (Phi) is 9.75. The van der Waals surface area contributed by atoms with E-state index in [2.05, 4.69) is 42.2 Å². The van der Waals surface area contributed by atoms with Crippen LogP contribution >= 0.6 is 31.9 Å². The molecule has 0 saturated carbocycles. The summed E-state index contributed by atoms with van der Waals surface area (Å²) in [4.78, 5) is 47.4. The van der Waals surface area contributed by atoms with Crippen LogP contribution in [0.15, 0.2) is 68.3 Å². The number of carbonyl (C=O) groups excluding carboxylic acids is 2. The van der Waals surface area contributed by atoms with Crippen LogP contribution in [0.1, 0.15) is 50.1 Å². The van der Waals surface area contributed by atoms with Crippen molar-refractivity contribution in [3.05, 3.63) is 79.6 Å². The summed E-state index contributed by atoms with van der Waals surface area (Å²) in [5.74, 6) is 1.26. The van der Waals surface area contributed by atoms with E-state index in [0.29, 0.717) is 51.4 Å². The molecule has 4 aromatic rings. The summed E-state index contributed by atoms with van der Waals surface area (Å²) in [6.45, 7) is 4.46. The van der Waals surface area contributed by atoms with Crippen LogP contribution in [0, 0.1) is 11.8 Å². The number of aromatic nitrogens is 2. The molecule has 11 heteroatoms. The van der Waals surface area contributed by atoms with E-state index >= 15 is 0 Å². The van der Waals surface area contributed by atoms with Gasteiger partial charge in [0.05, 0.1) is 11.0 Å². The first-order valence-corrected chi connectivity index (χ1v) is 18.5. The van der Waals surface area contributed by atoms with Gasteiger partial charge in [0.25, 0.3) is 5.91 Å². The van der Waals surface area contributed by atoms with Gasteiger partial charge in [0.15, 0.2) is 6.10 Å². The zero-order valence-electron chi connectivity index (χ0n) is 26.4. The minimum atomic E-state index is -0.909. The molecule has 0 bridgehead atoms. The molecule has 3 aliphatic heterocycles. The second-order valence-corrected chi connectivity index (χ2v) is 15.0. The number of fused-ring (bicyclic) bond motifs is 3.